The third-order valence-electron chi connectivity index (χ3n) is 12.0. The fourth-order valence-electron chi connectivity index (χ4n) is 7.68. The maximum Gasteiger partial charge on any atom is 0.306 e. The van der Waals surface area contributed by atoms with Crippen LogP contribution in [0.2, 0.25) is 0 Å². The Morgan fingerprint density at radius 1 is 0.290 bits per heavy atom. The van der Waals surface area contributed by atoms with Gasteiger partial charge < -0.3 is 14.2 Å². The van der Waals surface area contributed by atoms with Crippen LogP contribution < -0.4 is 0 Å². The molecule has 0 aromatic heterocycles. The smallest absolute Gasteiger partial charge is 0.306 e. The van der Waals surface area contributed by atoms with Crippen molar-refractivity contribution in [3.63, 3.8) is 0 Å². The van der Waals surface area contributed by atoms with Gasteiger partial charge in [-0.05, 0) is 116 Å². The van der Waals surface area contributed by atoms with Gasteiger partial charge >= 0.3 is 17.9 Å². The van der Waals surface area contributed by atoms with Crippen LogP contribution in [-0.4, -0.2) is 37.2 Å². The average molecular weight is 960 g/mol. The lowest BCUT2D eigenvalue weighted by atomic mass is 10.1. The molecular weight excluding hydrogens is 853 g/mol. The lowest BCUT2D eigenvalue weighted by molar-refractivity contribution is -0.167. The van der Waals surface area contributed by atoms with E-state index < -0.39 is 6.10 Å². The number of unbranched alkanes of at least 4 members (excludes halogenated alkanes) is 24. The van der Waals surface area contributed by atoms with Crippen LogP contribution in [-0.2, 0) is 28.6 Å². The molecule has 6 heteroatoms. The lowest BCUT2D eigenvalue weighted by Gasteiger charge is -2.18. The van der Waals surface area contributed by atoms with Crippen LogP contribution in [0.1, 0.15) is 265 Å². The zero-order valence-electron chi connectivity index (χ0n) is 45.0. The molecule has 0 aliphatic heterocycles. The van der Waals surface area contributed by atoms with Gasteiger partial charge in [0.2, 0.25) is 0 Å². The van der Waals surface area contributed by atoms with Crippen LogP contribution in [0.3, 0.4) is 0 Å². The van der Waals surface area contributed by atoms with Crippen LogP contribution in [0, 0.1) is 0 Å². The molecule has 0 aliphatic carbocycles. The lowest BCUT2D eigenvalue weighted by Crippen LogP contribution is -2.30. The Labute approximate surface area is 426 Å². The molecule has 394 valence electrons. The zero-order chi connectivity index (χ0) is 50.0. The first-order valence-corrected chi connectivity index (χ1v) is 28.7. The van der Waals surface area contributed by atoms with Crippen molar-refractivity contribution in [3.8, 4) is 0 Å². The Bertz CT molecular complexity index is 1380. The molecule has 0 heterocycles. The second-order valence-electron chi connectivity index (χ2n) is 18.8. The molecule has 0 bridgehead atoms. The van der Waals surface area contributed by atoms with Crippen LogP contribution >= 0.6 is 0 Å². The maximum absolute atomic E-state index is 12.8. The molecule has 0 saturated heterocycles. The Hall–Kier alpha value is -3.67. The normalized spacial score (nSPS) is 12.8. The van der Waals surface area contributed by atoms with E-state index in [2.05, 4.69) is 118 Å². The first-order valence-electron chi connectivity index (χ1n) is 28.7. The highest BCUT2D eigenvalue weighted by Gasteiger charge is 2.19. The largest absolute Gasteiger partial charge is 0.462 e. The Balaban J connectivity index is 4.55. The Morgan fingerprint density at radius 3 is 0.899 bits per heavy atom. The standard InChI is InChI=1S/C63H106O6/c1-4-7-10-13-16-19-22-25-28-31-34-37-40-43-46-49-52-55-61(64)67-58-60(69-63(66)57-54-51-48-45-42-39-36-33-30-27-24-21-18-15-12-9-6-3)59-68-62(65)56-53-50-47-44-41-38-35-32-29-26-23-20-17-14-11-8-5-2/h16,19,25-30,35-36,38-39,44-45,47-48,60H,4-15,17-18,20-24,31-34,37,40-43,46,49-59H2,1-3H3/b19-16-,28-25-,29-26-,30-27-,38-35-,39-36-,47-44-,48-45-/t60-/m1/s1. The van der Waals surface area contributed by atoms with Gasteiger partial charge in [0.25, 0.3) is 0 Å². The first kappa shape index (κ1) is 65.3. The third-order valence-corrected chi connectivity index (χ3v) is 12.0. The molecular formula is C63H106O6. The van der Waals surface area contributed by atoms with E-state index in [0.29, 0.717) is 19.3 Å². The molecule has 0 aliphatic rings. The van der Waals surface area contributed by atoms with Crippen LogP contribution in [0.5, 0.6) is 0 Å². The third kappa shape index (κ3) is 55.1. The van der Waals surface area contributed by atoms with Gasteiger partial charge in [-0.2, -0.15) is 0 Å². The van der Waals surface area contributed by atoms with Crippen molar-refractivity contribution < 1.29 is 28.6 Å². The fraction of sp³-hybridized carbons (Fsp3) is 0.698. The molecule has 0 rings (SSSR count). The van der Waals surface area contributed by atoms with Crippen molar-refractivity contribution in [3.05, 3.63) is 97.2 Å². The summed E-state index contributed by atoms with van der Waals surface area (Å²) in [5.41, 5.74) is 0. The number of hydrogen-bond donors (Lipinski definition) is 0. The van der Waals surface area contributed by atoms with E-state index in [0.717, 1.165) is 70.6 Å². The molecule has 0 aromatic carbocycles. The van der Waals surface area contributed by atoms with Crippen molar-refractivity contribution >= 4 is 17.9 Å². The van der Waals surface area contributed by atoms with E-state index in [4.69, 9.17) is 14.2 Å². The summed E-state index contributed by atoms with van der Waals surface area (Å²) in [6.07, 6.45) is 75.5. The summed E-state index contributed by atoms with van der Waals surface area (Å²) in [5, 5.41) is 0. The minimum Gasteiger partial charge on any atom is -0.462 e. The number of hydrogen-bond acceptors (Lipinski definition) is 6. The number of rotatable bonds is 51. The molecule has 6 nitrogen and oxygen atoms in total. The highest BCUT2D eigenvalue weighted by molar-refractivity contribution is 5.71. The van der Waals surface area contributed by atoms with Crippen LogP contribution in [0.4, 0.5) is 0 Å². The number of carbonyl (C=O) groups excluding carboxylic acids is 3. The fourth-order valence-corrected chi connectivity index (χ4v) is 7.68. The summed E-state index contributed by atoms with van der Waals surface area (Å²) in [5.74, 6) is -1.03. The maximum atomic E-state index is 12.8. The Kier molecular flexibility index (Phi) is 53.9. The van der Waals surface area contributed by atoms with E-state index in [-0.39, 0.29) is 44.0 Å². The van der Waals surface area contributed by atoms with E-state index in [1.54, 1.807) is 0 Å². The first-order chi connectivity index (χ1) is 34.0. The number of ether oxygens (including phenoxy) is 3. The quantitative estimate of drug-likeness (QED) is 0.0262. The van der Waals surface area contributed by atoms with Gasteiger partial charge in [-0.1, -0.05) is 227 Å². The summed E-state index contributed by atoms with van der Waals surface area (Å²) >= 11 is 0. The predicted octanol–water partition coefficient (Wildman–Crippen LogP) is 19.3. The van der Waals surface area contributed by atoms with Crippen molar-refractivity contribution in [2.24, 2.45) is 0 Å². The monoisotopic (exact) mass is 959 g/mol. The van der Waals surface area contributed by atoms with E-state index in [1.807, 2.05) is 0 Å². The van der Waals surface area contributed by atoms with E-state index in [1.165, 1.54) is 141 Å². The molecule has 1 atom stereocenters. The van der Waals surface area contributed by atoms with Crippen molar-refractivity contribution in [1.29, 1.82) is 0 Å². The molecule has 0 amide bonds. The minimum atomic E-state index is -0.829. The van der Waals surface area contributed by atoms with Crippen LogP contribution in [0.25, 0.3) is 0 Å². The second-order valence-corrected chi connectivity index (χ2v) is 18.8. The summed E-state index contributed by atoms with van der Waals surface area (Å²) in [6.45, 7) is 6.51. The van der Waals surface area contributed by atoms with E-state index in [9.17, 15) is 14.4 Å². The molecule has 0 saturated carbocycles. The number of esters is 3. The summed E-state index contributed by atoms with van der Waals surface area (Å²) in [7, 11) is 0. The predicted molar refractivity (Wildman–Crippen MR) is 297 cm³/mol. The van der Waals surface area contributed by atoms with E-state index >= 15 is 0 Å². The summed E-state index contributed by atoms with van der Waals surface area (Å²) in [4.78, 5) is 38.1. The zero-order valence-corrected chi connectivity index (χ0v) is 45.0. The van der Waals surface area contributed by atoms with Gasteiger partial charge in [-0.15, -0.1) is 0 Å². The molecule has 0 radical (unpaired) electrons. The minimum absolute atomic E-state index is 0.118. The highest BCUT2D eigenvalue weighted by Crippen LogP contribution is 2.13. The highest BCUT2D eigenvalue weighted by atomic mass is 16.6. The Morgan fingerprint density at radius 2 is 0.536 bits per heavy atom. The topological polar surface area (TPSA) is 78.9 Å². The molecule has 0 spiro atoms. The van der Waals surface area contributed by atoms with Crippen molar-refractivity contribution in [1.82, 2.24) is 0 Å². The number of allylic oxidation sites excluding steroid dienone is 16. The molecule has 0 fully saturated rings. The van der Waals surface area contributed by atoms with Gasteiger partial charge in [-0.25, -0.2) is 0 Å². The summed E-state index contributed by atoms with van der Waals surface area (Å²) < 4.78 is 16.8. The van der Waals surface area contributed by atoms with Crippen LogP contribution in [0.15, 0.2) is 97.2 Å². The molecule has 0 aromatic rings. The molecule has 69 heavy (non-hydrogen) atoms. The SMILES string of the molecule is CCCCC/C=C\C/C=C\CCCCCCCCCC(=O)OC[C@H](COC(=O)CCC/C=C\C/C=C\C/C=C\CCCCCCCC)OC(=O)CCC/C=C\C/C=C\C/C=C\CCCCCCCC. The summed E-state index contributed by atoms with van der Waals surface area (Å²) in [6, 6.07) is 0. The van der Waals surface area contributed by atoms with Crippen molar-refractivity contribution in [2.45, 2.75) is 271 Å². The van der Waals surface area contributed by atoms with Gasteiger partial charge in [0.15, 0.2) is 6.10 Å². The molecule has 0 N–H and O–H groups in total. The van der Waals surface area contributed by atoms with Gasteiger partial charge in [-0.3, -0.25) is 14.4 Å². The van der Waals surface area contributed by atoms with Gasteiger partial charge in [0, 0.05) is 19.3 Å². The van der Waals surface area contributed by atoms with Gasteiger partial charge in [0.05, 0.1) is 0 Å². The molecule has 0 unspecified atom stereocenters. The van der Waals surface area contributed by atoms with Gasteiger partial charge in [0.1, 0.15) is 13.2 Å². The second kappa shape index (κ2) is 56.9. The average Bonchev–Trinajstić information content (AvgIpc) is 3.35. The van der Waals surface area contributed by atoms with Crippen molar-refractivity contribution in [2.75, 3.05) is 13.2 Å². The number of carbonyl (C=O) groups is 3.